The summed E-state index contributed by atoms with van der Waals surface area (Å²) in [5, 5.41) is 9.47. The van der Waals surface area contributed by atoms with E-state index in [1.807, 2.05) is 30.3 Å². The highest BCUT2D eigenvalue weighted by Crippen LogP contribution is 2.15. The highest BCUT2D eigenvalue weighted by molar-refractivity contribution is 7.89. The Labute approximate surface area is 180 Å². The van der Waals surface area contributed by atoms with E-state index < -0.39 is 22.0 Å². The van der Waals surface area contributed by atoms with E-state index in [0.29, 0.717) is 18.1 Å². The van der Waals surface area contributed by atoms with Crippen molar-refractivity contribution in [2.75, 3.05) is 10.6 Å². The van der Waals surface area contributed by atoms with Crippen molar-refractivity contribution in [2.45, 2.75) is 31.3 Å². The van der Waals surface area contributed by atoms with Crippen LogP contribution in [0.4, 0.5) is 11.5 Å². The number of rotatable bonds is 8. The van der Waals surface area contributed by atoms with Gasteiger partial charge >= 0.3 is 0 Å². The Bertz CT molecular complexity index is 1160. The lowest BCUT2D eigenvalue weighted by molar-refractivity contribution is -0.117. The maximum atomic E-state index is 12.6. The van der Waals surface area contributed by atoms with Crippen LogP contribution in [0.25, 0.3) is 0 Å². The number of amides is 2. The first-order valence-corrected chi connectivity index (χ1v) is 11.0. The molecule has 0 radical (unpaired) electrons. The summed E-state index contributed by atoms with van der Waals surface area (Å²) in [6, 6.07) is 15.9. The summed E-state index contributed by atoms with van der Waals surface area (Å²) in [5.74, 6) is -0.321. The minimum atomic E-state index is -3.93. The second-order valence-electron chi connectivity index (χ2n) is 6.90. The predicted molar refractivity (Wildman–Crippen MR) is 117 cm³/mol. The standard InChI is InChI=1S/C21H23N5O4S/c1-15(25-31(29,30)19-10-8-18(9-11-19)23-16(2)27)21(28)24-20-12-13-22-26(20)14-17-6-4-3-5-7-17/h3-13,15,25H,14H2,1-2H3,(H,23,27)(H,24,28)/t15-/m0/s1. The predicted octanol–water partition coefficient (Wildman–Crippen LogP) is 2.20. The van der Waals surface area contributed by atoms with E-state index in [-0.39, 0.29) is 10.8 Å². The number of anilines is 2. The zero-order chi connectivity index (χ0) is 22.4. The average molecular weight is 442 g/mol. The minimum Gasteiger partial charge on any atom is -0.326 e. The summed E-state index contributed by atoms with van der Waals surface area (Å²) < 4.78 is 29.2. The van der Waals surface area contributed by atoms with Crippen LogP contribution in [0.15, 0.2) is 71.8 Å². The molecule has 0 aliphatic carbocycles. The van der Waals surface area contributed by atoms with Gasteiger partial charge in [-0.1, -0.05) is 30.3 Å². The topological polar surface area (TPSA) is 122 Å². The van der Waals surface area contributed by atoms with E-state index in [2.05, 4.69) is 20.5 Å². The van der Waals surface area contributed by atoms with Gasteiger partial charge in [-0.2, -0.15) is 9.82 Å². The summed E-state index contributed by atoms with van der Waals surface area (Å²) in [7, 11) is -3.93. The Balaban J connectivity index is 1.64. The second-order valence-corrected chi connectivity index (χ2v) is 8.61. The number of aromatic nitrogens is 2. The number of sulfonamides is 1. The number of benzene rings is 2. The molecule has 10 heteroatoms. The molecule has 3 aromatic rings. The lowest BCUT2D eigenvalue weighted by atomic mass is 10.2. The van der Waals surface area contributed by atoms with Crippen molar-refractivity contribution in [2.24, 2.45) is 0 Å². The molecule has 2 aromatic carbocycles. The maximum Gasteiger partial charge on any atom is 0.243 e. The van der Waals surface area contributed by atoms with Gasteiger partial charge < -0.3 is 10.6 Å². The molecule has 1 atom stereocenters. The zero-order valence-electron chi connectivity index (χ0n) is 17.1. The van der Waals surface area contributed by atoms with E-state index in [4.69, 9.17) is 0 Å². The van der Waals surface area contributed by atoms with Crippen LogP contribution in [0.1, 0.15) is 19.4 Å². The van der Waals surface area contributed by atoms with Crippen LogP contribution < -0.4 is 15.4 Å². The molecule has 0 aliphatic heterocycles. The first kappa shape index (κ1) is 22.2. The van der Waals surface area contributed by atoms with Gasteiger partial charge in [0.2, 0.25) is 21.8 Å². The molecule has 2 amide bonds. The number of carbonyl (C=O) groups excluding carboxylic acids is 2. The molecule has 9 nitrogen and oxygen atoms in total. The molecule has 0 bridgehead atoms. The van der Waals surface area contributed by atoms with Crippen molar-refractivity contribution >= 4 is 33.3 Å². The first-order chi connectivity index (χ1) is 14.7. The van der Waals surface area contributed by atoms with Gasteiger partial charge in [0.25, 0.3) is 0 Å². The van der Waals surface area contributed by atoms with Crippen molar-refractivity contribution < 1.29 is 18.0 Å². The third kappa shape index (κ3) is 6.00. The Morgan fingerprint density at radius 2 is 1.68 bits per heavy atom. The van der Waals surface area contributed by atoms with Crippen molar-refractivity contribution in [3.05, 3.63) is 72.4 Å². The van der Waals surface area contributed by atoms with Crippen LogP contribution in [0.2, 0.25) is 0 Å². The quantitative estimate of drug-likeness (QED) is 0.495. The molecule has 0 unspecified atom stereocenters. The smallest absolute Gasteiger partial charge is 0.243 e. The number of nitrogens with one attached hydrogen (secondary N) is 3. The van der Waals surface area contributed by atoms with Crippen molar-refractivity contribution in [3.8, 4) is 0 Å². The molecule has 0 spiro atoms. The van der Waals surface area contributed by atoms with Gasteiger partial charge in [-0.25, -0.2) is 13.1 Å². The van der Waals surface area contributed by atoms with Gasteiger partial charge in [-0.3, -0.25) is 9.59 Å². The second kappa shape index (κ2) is 9.54. The largest absolute Gasteiger partial charge is 0.326 e. The Hall–Kier alpha value is -3.50. The van der Waals surface area contributed by atoms with Crippen molar-refractivity contribution in [1.29, 1.82) is 0 Å². The highest BCUT2D eigenvalue weighted by Gasteiger charge is 2.23. The number of carbonyl (C=O) groups is 2. The van der Waals surface area contributed by atoms with Crippen LogP contribution in [-0.2, 0) is 26.2 Å². The van der Waals surface area contributed by atoms with Gasteiger partial charge in [0.1, 0.15) is 5.82 Å². The van der Waals surface area contributed by atoms with Crippen molar-refractivity contribution in [1.82, 2.24) is 14.5 Å². The van der Waals surface area contributed by atoms with E-state index in [9.17, 15) is 18.0 Å². The Morgan fingerprint density at radius 1 is 1.00 bits per heavy atom. The van der Waals surface area contributed by atoms with E-state index in [1.54, 1.807) is 16.9 Å². The normalized spacial score (nSPS) is 12.2. The third-order valence-corrected chi connectivity index (χ3v) is 5.91. The summed E-state index contributed by atoms with van der Waals surface area (Å²) in [5.41, 5.74) is 1.49. The third-order valence-electron chi connectivity index (χ3n) is 4.35. The summed E-state index contributed by atoms with van der Waals surface area (Å²) in [6.07, 6.45) is 1.56. The molecular formula is C21H23N5O4S. The lowest BCUT2D eigenvalue weighted by Gasteiger charge is -2.15. The van der Waals surface area contributed by atoms with Gasteiger partial charge in [-0.15, -0.1) is 0 Å². The molecule has 31 heavy (non-hydrogen) atoms. The monoisotopic (exact) mass is 441 g/mol. The number of hydrogen-bond donors (Lipinski definition) is 3. The minimum absolute atomic E-state index is 0.0182. The maximum absolute atomic E-state index is 12.6. The summed E-state index contributed by atoms with van der Waals surface area (Å²) in [6.45, 7) is 3.28. The van der Waals surface area contributed by atoms with Gasteiger partial charge in [-0.05, 0) is 36.8 Å². The van der Waals surface area contributed by atoms with E-state index in [1.165, 1.54) is 38.1 Å². The van der Waals surface area contributed by atoms with Crippen molar-refractivity contribution in [3.63, 3.8) is 0 Å². The molecule has 0 saturated carbocycles. The van der Waals surface area contributed by atoms with Gasteiger partial charge in [0, 0.05) is 18.7 Å². The molecule has 3 N–H and O–H groups in total. The Morgan fingerprint density at radius 3 is 2.32 bits per heavy atom. The van der Waals surface area contributed by atoms with Crippen LogP contribution in [0.3, 0.4) is 0 Å². The lowest BCUT2D eigenvalue weighted by Crippen LogP contribution is -2.41. The van der Waals surface area contributed by atoms with Crippen LogP contribution in [0, 0.1) is 0 Å². The van der Waals surface area contributed by atoms with Crippen LogP contribution in [-0.4, -0.2) is 36.1 Å². The molecular weight excluding hydrogens is 418 g/mol. The molecule has 0 fully saturated rings. The molecule has 1 heterocycles. The fraction of sp³-hybridized carbons (Fsp3) is 0.190. The van der Waals surface area contributed by atoms with Gasteiger partial charge in [0.15, 0.2) is 0 Å². The molecule has 162 valence electrons. The van der Waals surface area contributed by atoms with Crippen LogP contribution >= 0.6 is 0 Å². The molecule has 3 rings (SSSR count). The van der Waals surface area contributed by atoms with E-state index in [0.717, 1.165) is 5.56 Å². The summed E-state index contributed by atoms with van der Waals surface area (Å²) in [4.78, 5) is 23.6. The molecule has 1 aromatic heterocycles. The SMILES string of the molecule is CC(=O)Nc1ccc(S(=O)(=O)N[C@@H](C)C(=O)Nc2ccnn2Cc2ccccc2)cc1. The fourth-order valence-corrected chi connectivity index (χ4v) is 4.03. The fourth-order valence-electron chi connectivity index (χ4n) is 2.83. The van der Waals surface area contributed by atoms with Gasteiger partial charge in [0.05, 0.1) is 23.7 Å². The zero-order valence-corrected chi connectivity index (χ0v) is 17.9. The average Bonchev–Trinajstić information content (AvgIpc) is 3.15. The van der Waals surface area contributed by atoms with Crippen LogP contribution in [0.5, 0.6) is 0 Å². The molecule has 0 aliphatic rings. The Kier molecular flexibility index (Phi) is 6.83. The first-order valence-electron chi connectivity index (χ1n) is 9.51. The van der Waals surface area contributed by atoms with E-state index >= 15 is 0 Å². The molecule has 0 saturated heterocycles. The summed E-state index contributed by atoms with van der Waals surface area (Å²) >= 11 is 0. The highest BCUT2D eigenvalue weighted by atomic mass is 32.2. The number of hydrogen-bond acceptors (Lipinski definition) is 5. The number of nitrogens with zero attached hydrogens (tertiary/aromatic N) is 2.